The van der Waals surface area contributed by atoms with Crippen molar-refractivity contribution in [1.29, 1.82) is 0 Å². The van der Waals surface area contributed by atoms with Crippen LogP contribution in [0.25, 0.3) is 0 Å². The topological polar surface area (TPSA) is 66.4 Å². The molecule has 0 fully saturated rings. The number of carbonyl (C=O) groups is 1. The van der Waals surface area contributed by atoms with Gasteiger partial charge in [0.2, 0.25) is 0 Å². The predicted octanol–water partition coefficient (Wildman–Crippen LogP) is 0.737. The Kier molecular flexibility index (Phi) is 5.08. The third kappa shape index (κ3) is 5.66. The zero-order valence-corrected chi connectivity index (χ0v) is 6.60. The third-order valence-electron chi connectivity index (χ3n) is 0.911. The first-order valence-corrected chi connectivity index (χ1v) is 4.11. The van der Waals surface area contributed by atoms with Gasteiger partial charge in [-0.1, -0.05) is 13.3 Å². The van der Waals surface area contributed by atoms with Crippen molar-refractivity contribution >= 4 is 14.2 Å². The molecule has 1 atom stereocenters. The second kappa shape index (κ2) is 5.33. The number of hydrogen-bond donors (Lipinski definition) is 0. The first-order chi connectivity index (χ1) is 4.66. The van der Waals surface area contributed by atoms with Gasteiger partial charge in [-0.05, 0) is 11.0 Å². The lowest BCUT2D eigenvalue weighted by molar-refractivity contribution is -0.188. The van der Waals surface area contributed by atoms with Crippen molar-refractivity contribution in [2.45, 2.75) is 26.2 Å². The molecule has 0 saturated heterocycles. The van der Waals surface area contributed by atoms with Crippen molar-refractivity contribution < 1.29 is 18.8 Å². The van der Waals surface area contributed by atoms with Crippen molar-refractivity contribution in [2.24, 2.45) is 0 Å². The lowest BCUT2D eigenvalue weighted by atomic mass is 10.3. The summed E-state index contributed by atoms with van der Waals surface area (Å²) in [5, 5.41) is 0. The van der Waals surface area contributed by atoms with E-state index >= 15 is 0 Å². The van der Waals surface area contributed by atoms with Gasteiger partial charge in [-0.3, -0.25) is 0 Å². The van der Waals surface area contributed by atoms with E-state index in [1.807, 2.05) is 6.92 Å². The van der Waals surface area contributed by atoms with Gasteiger partial charge in [0.25, 0.3) is 0 Å². The molecule has 0 aliphatic heterocycles. The molecule has 1 unspecified atom stereocenters. The summed E-state index contributed by atoms with van der Waals surface area (Å²) in [6, 6.07) is 0. The Hall–Kier alpha value is -0.470. The second-order valence-corrected chi connectivity index (χ2v) is 2.42. The Morgan fingerprint density at radius 1 is 1.70 bits per heavy atom. The molecule has 0 N–H and O–H groups in total. The van der Waals surface area contributed by atoms with Gasteiger partial charge in [0.1, 0.15) is 0 Å². The van der Waals surface area contributed by atoms with E-state index in [4.69, 9.17) is 0 Å². The monoisotopic (exact) mass is 164 g/mol. The highest BCUT2D eigenvalue weighted by Crippen LogP contribution is 2.11. The highest BCUT2D eigenvalue weighted by Gasteiger charge is 2.10. The van der Waals surface area contributed by atoms with Crippen molar-refractivity contribution in [3.8, 4) is 0 Å². The fraction of sp³-hybridized carbons (Fsp3) is 0.800. The Labute approximate surface area is 60.1 Å². The molecule has 58 valence electrons. The third-order valence-corrected chi connectivity index (χ3v) is 1.26. The van der Waals surface area contributed by atoms with E-state index in [-0.39, 0.29) is 6.42 Å². The Morgan fingerprint density at radius 3 is 2.70 bits per heavy atom. The van der Waals surface area contributed by atoms with Crippen molar-refractivity contribution in [3.63, 3.8) is 0 Å². The van der Waals surface area contributed by atoms with Gasteiger partial charge >= 0.3 is 14.2 Å². The van der Waals surface area contributed by atoms with Crippen LogP contribution in [0.5, 0.6) is 0 Å². The molecular weight excluding hydrogens is 155 g/mol. The first kappa shape index (κ1) is 9.53. The molecule has 0 heterocycles. The van der Waals surface area contributed by atoms with Gasteiger partial charge in [0.05, 0.1) is 6.42 Å². The minimum Gasteiger partial charge on any atom is -0.558 e. The largest absolute Gasteiger partial charge is 0.558 e. The van der Waals surface area contributed by atoms with E-state index < -0.39 is 14.2 Å². The first-order valence-electron chi connectivity index (χ1n) is 3.02. The highest BCUT2D eigenvalue weighted by atomic mass is 31.1. The Morgan fingerprint density at radius 2 is 2.30 bits per heavy atom. The van der Waals surface area contributed by atoms with Gasteiger partial charge in [-0.15, -0.1) is 0 Å². The highest BCUT2D eigenvalue weighted by molar-refractivity contribution is 7.31. The lowest BCUT2D eigenvalue weighted by Gasteiger charge is -1.90. The SMILES string of the molecule is CCCCC(=O)O[P+](=O)[O-]. The van der Waals surface area contributed by atoms with Gasteiger partial charge in [0, 0.05) is 0 Å². The molecule has 4 nitrogen and oxygen atoms in total. The lowest BCUT2D eigenvalue weighted by Crippen LogP contribution is -2.01. The van der Waals surface area contributed by atoms with Crippen LogP contribution >= 0.6 is 8.25 Å². The molecule has 0 rings (SSSR count). The van der Waals surface area contributed by atoms with Gasteiger partial charge in [-0.25, -0.2) is 9.32 Å². The number of unbranched alkanes of at least 4 members (excludes halogenated alkanes) is 1. The fourth-order valence-corrected chi connectivity index (χ4v) is 0.707. The fourth-order valence-electron chi connectivity index (χ4n) is 0.450. The predicted molar refractivity (Wildman–Crippen MR) is 33.2 cm³/mol. The summed E-state index contributed by atoms with van der Waals surface area (Å²) in [5.41, 5.74) is 0. The van der Waals surface area contributed by atoms with Crippen LogP contribution < -0.4 is 4.89 Å². The van der Waals surface area contributed by atoms with Gasteiger partial charge in [-0.2, -0.15) is 0 Å². The molecule has 0 aromatic heterocycles. The summed E-state index contributed by atoms with van der Waals surface area (Å²) in [7, 11) is -3.01. The second-order valence-electron chi connectivity index (χ2n) is 1.79. The molecule has 0 aromatic carbocycles. The molecule has 0 saturated carbocycles. The van der Waals surface area contributed by atoms with Crippen LogP contribution in [0.4, 0.5) is 0 Å². The van der Waals surface area contributed by atoms with Gasteiger partial charge in [0.15, 0.2) is 0 Å². The van der Waals surface area contributed by atoms with Gasteiger partial charge < -0.3 is 4.89 Å². The normalized spacial score (nSPS) is 10.8. The van der Waals surface area contributed by atoms with E-state index in [0.29, 0.717) is 6.42 Å². The molecule has 10 heavy (non-hydrogen) atoms. The summed E-state index contributed by atoms with van der Waals surface area (Å²) in [5.74, 6) is -0.669. The van der Waals surface area contributed by atoms with Crippen molar-refractivity contribution in [2.75, 3.05) is 0 Å². The number of carbonyl (C=O) groups excluding carboxylic acids is 1. The standard InChI is InChI=1S/C5H9O4P/c1-2-3-4-5(6)9-10(7)8/h2-4H2,1H3. The number of rotatable bonds is 4. The van der Waals surface area contributed by atoms with E-state index in [2.05, 4.69) is 4.52 Å². The summed E-state index contributed by atoms with van der Waals surface area (Å²) in [6.45, 7) is 1.91. The Balaban J connectivity index is 3.35. The van der Waals surface area contributed by atoms with E-state index in [1.165, 1.54) is 0 Å². The molecule has 0 radical (unpaired) electrons. The summed E-state index contributed by atoms with van der Waals surface area (Å²) < 4.78 is 13.6. The molecule has 0 spiro atoms. The molecule has 0 aliphatic rings. The van der Waals surface area contributed by atoms with Crippen molar-refractivity contribution in [3.05, 3.63) is 0 Å². The zero-order chi connectivity index (χ0) is 7.98. The maximum Gasteiger partial charge on any atom is 0.542 e. The smallest absolute Gasteiger partial charge is 0.542 e. The Bertz CT molecular complexity index is 134. The van der Waals surface area contributed by atoms with Crippen LogP contribution in [-0.4, -0.2) is 5.97 Å². The van der Waals surface area contributed by atoms with Crippen LogP contribution in [0, 0.1) is 0 Å². The molecule has 0 aromatic rings. The maximum atomic E-state index is 10.4. The van der Waals surface area contributed by atoms with Crippen LogP contribution in [0.15, 0.2) is 0 Å². The van der Waals surface area contributed by atoms with Crippen LogP contribution in [0.3, 0.4) is 0 Å². The quantitative estimate of drug-likeness (QED) is 0.574. The molecule has 5 heteroatoms. The molecule has 0 amide bonds. The van der Waals surface area contributed by atoms with Crippen LogP contribution in [0.1, 0.15) is 26.2 Å². The minimum absolute atomic E-state index is 0.180. The summed E-state index contributed by atoms with van der Waals surface area (Å²) in [6.07, 6.45) is 1.70. The van der Waals surface area contributed by atoms with E-state index in [0.717, 1.165) is 6.42 Å². The average Bonchev–Trinajstić information content (AvgIpc) is 1.82. The van der Waals surface area contributed by atoms with E-state index in [9.17, 15) is 14.3 Å². The zero-order valence-electron chi connectivity index (χ0n) is 5.70. The summed E-state index contributed by atoms with van der Waals surface area (Å²) >= 11 is 0. The molecule has 0 aliphatic carbocycles. The van der Waals surface area contributed by atoms with Crippen LogP contribution in [0.2, 0.25) is 0 Å². The van der Waals surface area contributed by atoms with Crippen molar-refractivity contribution in [1.82, 2.24) is 0 Å². The average molecular weight is 164 g/mol. The van der Waals surface area contributed by atoms with E-state index in [1.54, 1.807) is 0 Å². The molecular formula is C5H9O4P. The maximum absolute atomic E-state index is 10.4. The number of hydrogen-bond acceptors (Lipinski definition) is 4. The minimum atomic E-state index is -3.01. The molecule has 0 bridgehead atoms. The van der Waals surface area contributed by atoms with Crippen LogP contribution in [-0.2, 0) is 13.9 Å². The summed E-state index contributed by atoms with van der Waals surface area (Å²) in [4.78, 5) is 20.2.